The van der Waals surface area contributed by atoms with Crippen LogP contribution in [0.3, 0.4) is 0 Å². The average Bonchev–Trinajstić information content (AvgIpc) is 3.37. The normalized spacial score (nSPS) is 10.6. The third kappa shape index (κ3) is 9.63. The van der Waals surface area contributed by atoms with Gasteiger partial charge in [0, 0.05) is 28.4 Å². The molecular weight excluding hydrogens is 749 g/mol. The Bertz CT molecular complexity index is 2760. The van der Waals surface area contributed by atoms with Crippen LogP contribution < -0.4 is 10.2 Å². The van der Waals surface area contributed by atoms with Crippen molar-refractivity contribution in [1.29, 1.82) is 0 Å². The van der Waals surface area contributed by atoms with Crippen LogP contribution >= 0.6 is 0 Å². The van der Waals surface area contributed by atoms with Crippen molar-refractivity contribution in [3.8, 4) is 55.6 Å². The zero-order valence-corrected chi connectivity index (χ0v) is 34.4. The van der Waals surface area contributed by atoms with Gasteiger partial charge in [0.2, 0.25) is 0 Å². The number of nitrogens with zero attached hydrogens (tertiary/aromatic N) is 1. The van der Waals surface area contributed by atoms with Crippen LogP contribution in [0.15, 0.2) is 273 Å². The Labute approximate surface area is 365 Å². The highest BCUT2D eigenvalue weighted by atomic mass is 15.1. The lowest BCUT2D eigenvalue weighted by atomic mass is 10.0. The Kier molecular flexibility index (Phi) is 12.2. The lowest BCUT2D eigenvalue weighted by Gasteiger charge is -2.26. The molecule has 0 aromatic heterocycles. The number of rotatable bonds is 10. The second-order valence-electron chi connectivity index (χ2n) is 15.1. The van der Waals surface area contributed by atoms with Gasteiger partial charge in [-0.05, 0) is 116 Å². The summed E-state index contributed by atoms with van der Waals surface area (Å²) < 4.78 is 0. The minimum atomic E-state index is 1.06. The topological polar surface area (TPSA) is 15.3 Å². The van der Waals surface area contributed by atoms with Gasteiger partial charge in [-0.3, -0.25) is 0 Å². The van der Waals surface area contributed by atoms with Crippen LogP contribution in [0.1, 0.15) is 0 Å². The fraction of sp³-hybridized carbons (Fsp3) is 0. The minimum Gasteiger partial charge on any atom is -0.356 e. The summed E-state index contributed by atoms with van der Waals surface area (Å²) in [6.45, 7) is 0. The van der Waals surface area contributed by atoms with Crippen LogP contribution in [0.4, 0.5) is 28.4 Å². The lowest BCUT2D eigenvalue weighted by Crippen LogP contribution is -2.09. The third-order valence-corrected chi connectivity index (χ3v) is 11.0. The molecule has 0 spiro atoms. The van der Waals surface area contributed by atoms with Crippen molar-refractivity contribution in [3.63, 3.8) is 0 Å². The van der Waals surface area contributed by atoms with Crippen LogP contribution in [0, 0.1) is 0 Å². The fourth-order valence-electron chi connectivity index (χ4n) is 7.67. The first-order valence-electron chi connectivity index (χ1n) is 21.1. The number of nitrogens with one attached hydrogen (secondary N) is 1. The van der Waals surface area contributed by atoms with Crippen molar-refractivity contribution in [2.45, 2.75) is 0 Å². The van der Waals surface area contributed by atoms with Gasteiger partial charge in [-0.15, -0.1) is 0 Å². The molecule has 0 aliphatic rings. The van der Waals surface area contributed by atoms with Crippen LogP contribution in [0.5, 0.6) is 0 Å². The summed E-state index contributed by atoms with van der Waals surface area (Å²) in [5.41, 5.74) is 17.6. The molecule has 10 aromatic rings. The smallest absolute Gasteiger partial charge is 0.0462 e. The maximum Gasteiger partial charge on any atom is 0.0462 e. The summed E-state index contributed by atoms with van der Waals surface area (Å²) in [4.78, 5) is 2.32. The molecule has 0 atom stereocenters. The van der Waals surface area contributed by atoms with Crippen molar-refractivity contribution in [2.75, 3.05) is 10.2 Å². The lowest BCUT2D eigenvalue weighted by molar-refractivity contribution is 1.28. The largest absolute Gasteiger partial charge is 0.356 e. The highest BCUT2D eigenvalue weighted by Crippen LogP contribution is 2.38. The summed E-state index contributed by atoms with van der Waals surface area (Å²) in [6.07, 6.45) is 0. The monoisotopic (exact) mass is 794 g/mol. The van der Waals surface area contributed by atoms with E-state index in [0.29, 0.717) is 0 Å². The Morgan fingerprint density at radius 1 is 0.177 bits per heavy atom. The van der Waals surface area contributed by atoms with Crippen molar-refractivity contribution >= 4 is 28.4 Å². The SMILES string of the molecule is c1ccc(-c2ccc(Nc3ccc(-c4ccc(N(c5ccc(-c6ccccc6)cc5)c5ccc(-c6ccccc6)cc5)cc4)cc3)cc2)cc1.c1ccc(-c2ccccc2)cc1. The molecule has 2 nitrogen and oxygen atoms in total. The van der Waals surface area contributed by atoms with Crippen molar-refractivity contribution in [1.82, 2.24) is 0 Å². The van der Waals surface area contributed by atoms with Crippen LogP contribution in [-0.4, -0.2) is 0 Å². The molecular formula is C60H46N2. The van der Waals surface area contributed by atoms with Crippen molar-refractivity contribution < 1.29 is 0 Å². The molecule has 10 rings (SSSR count). The Hall–Kier alpha value is -8.20. The molecule has 0 radical (unpaired) electrons. The summed E-state index contributed by atoms with van der Waals surface area (Å²) in [5, 5.41) is 3.54. The van der Waals surface area contributed by atoms with Crippen LogP contribution in [0.2, 0.25) is 0 Å². The summed E-state index contributed by atoms with van der Waals surface area (Å²) in [5.74, 6) is 0. The molecule has 1 N–H and O–H groups in total. The molecule has 0 amide bonds. The van der Waals surface area contributed by atoms with Crippen LogP contribution in [0.25, 0.3) is 55.6 Å². The molecule has 0 saturated carbocycles. The molecule has 0 heterocycles. The maximum absolute atomic E-state index is 3.54. The van der Waals surface area contributed by atoms with E-state index in [2.05, 4.69) is 265 Å². The molecule has 62 heavy (non-hydrogen) atoms. The van der Waals surface area contributed by atoms with Crippen molar-refractivity contribution in [2.24, 2.45) is 0 Å². The van der Waals surface area contributed by atoms with Gasteiger partial charge in [-0.1, -0.05) is 212 Å². The summed E-state index contributed by atoms with van der Waals surface area (Å²) >= 11 is 0. The third-order valence-electron chi connectivity index (χ3n) is 11.0. The Balaban J connectivity index is 0.000000351. The summed E-state index contributed by atoms with van der Waals surface area (Å²) in [7, 11) is 0. The number of benzene rings is 10. The minimum absolute atomic E-state index is 1.06. The first-order chi connectivity index (χ1) is 30.7. The second kappa shape index (κ2) is 19.2. The van der Waals surface area contributed by atoms with Crippen molar-refractivity contribution in [3.05, 3.63) is 273 Å². The highest BCUT2D eigenvalue weighted by molar-refractivity contribution is 5.81. The Morgan fingerprint density at radius 3 is 0.565 bits per heavy atom. The second-order valence-corrected chi connectivity index (χ2v) is 15.1. The number of anilines is 5. The quantitative estimate of drug-likeness (QED) is 0.148. The first-order valence-corrected chi connectivity index (χ1v) is 21.1. The fourth-order valence-corrected chi connectivity index (χ4v) is 7.67. The average molecular weight is 795 g/mol. The molecule has 0 unspecified atom stereocenters. The molecule has 0 fully saturated rings. The molecule has 0 saturated heterocycles. The molecule has 296 valence electrons. The molecule has 0 bridgehead atoms. The first kappa shape index (κ1) is 39.3. The molecule has 0 aliphatic carbocycles. The van der Waals surface area contributed by atoms with E-state index < -0.39 is 0 Å². The van der Waals surface area contributed by atoms with Gasteiger partial charge in [-0.2, -0.15) is 0 Å². The van der Waals surface area contributed by atoms with E-state index in [-0.39, 0.29) is 0 Å². The van der Waals surface area contributed by atoms with Gasteiger partial charge in [0.25, 0.3) is 0 Å². The zero-order chi connectivity index (χ0) is 41.8. The van der Waals surface area contributed by atoms with E-state index in [0.717, 1.165) is 28.4 Å². The van der Waals surface area contributed by atoms with Gasteiger partial charge in [0.1, 0.15) is 0 Å². The summed E-state index contributed by atoms with van der Waals surface area (Å²) in [6, 6.07) is 96.0. The maximum atomic E-state index is 3.54. The van der Waals surface area contributed by atoms with E-state index in [9.17, 15) is 0 Å². The zero-order valence-electron chi connectivity index (χ0n) is 34.4. The molecule has 0 aliphatic heterocycles. The molecule has 10 aromatic carbocycles. The number of hydrogen-bond acceptors (Lipinski definition) is 2. The predicted octanol–water partition coefficient (Wildman–Crippen LogP) is 16.9. The van der Waals surface area contributed by atoms with Gasteiger partial charge in [-0.25, -0.2) is 0 Å². The Morgan fingerprint density at radius 2 is 0.355 bits per heavy atom. The van der Waals surface area contributed by atoms with E-state index >= 15 is 0 Å². The van der Waals surface area contributed by atoms with E-state index in [1.165, 1.54) is 55.6 Å². The number of hydrogen-bond donors (Lipinski definition) is 1. The van der Waals surface area contributed by atoms with Gasteiger partial charge in [0.05, 0.1) is 0 Å². The highest BCUT2D eigenvalue weighted by Gasteiger charge is 2.14. The van der Waals surface area contributed by atoms with E-state index in [4.69, 9.17) is 0 Å². The molecule has 2 heteroatoms. The van der Waals surface area contributed by atoms with E-state index in [1.807, 2.05) is 18.2 Å². The predicted molar refractivity (Wildman–Crippen MR) is 264 cm³/mol. The van der Waals surface area contributed by atoms with Gasteiger partial charge < -0.3 is 10.2 Å². The van der Waals surface area contributed by atoms with Gasteiger partial charge >= 0.3 is 0 Å². The standard InChI is InChI=1S/C48H36N2.C12H10/c1-4-10-36(11-5-1)39-16-26-44(27-17-39)49-45-28-18-40(19-29-45)43-24-34-48(35-25-43)50(46-30-20-41(21-31-46)37-12-6-2-7-13-37)47-32-22-42(23-33-47)38-14-8-3-9-15-38;1-3-7-11(8-4-1)12-9-5-2-6-10-12/h1-35,49H;1-10H. The van der Waals surface area contributed by atoms with E-state index in [1.54, 1.807) is 0 Å². The van der Waals surface area contributed by atoms with Gasteiger partial charge in [0.15, 0.2) is 0 Å². The van der Waals surface area contributed by atoms with Crippen LogP contribution in [-0.2, 0) is 0 Å².